The van der Waals surface area contributed by atoms with E-state index in [2.05, 4.69) is 115 Å². The van der Waals surface area contributed by atoms with Gasteiger partial charge >= 0.3 is 0 Å². The normalized spacial score (nSPS) is 17.6. The molecular weight excluding hydrogens is 779 g/mol. The molecule has 2 N–H and O–H groups in total. The lowest BCUT2D eigenvalue weighted by molar-refractivity contribution is 0.0952. The minimum Gasteiger partial charge on any atom is -0.354 e. The van der Waals surface area contributed by atoms with Crippen LogP contribution < -0.4 is 15.8 Å². The monoisotopic (exact) mass is 858 g/mol. The summed E-state index contributed by atoms with van der Waals surface area (Å²) in [5.74, 6) is 2.42. The summed E-state index contributed by atoms with van der Waals surface area (Å²) in [6.07, 6.45) is 18.8. The maximum absolute atomic E-state index is 14.0. The first-order chi connectivity index (χ1) is 30.2. The van der Waals surface area contributed by atoms with Crippen molar-refractivity contribution in [2.24, 2.45) is 17.3 Å². The van der Waals surface area contributed by atoms with E-state index in [0.29, 0.717) is 16.5 Å². The van der Waals surface area contributed by atoms with Crippen LogP contribution in [0.3, 0.4) is 0 Å². The van der Waals surface area contributed by atoms with Gasteiger partial charge < -0.3 is 24.7 Å². The molecule has 6 rings (SSSR count). The Balaban J connectivity index is 1.08. The van der Waals surface area contributed by atoms with Gasteiger partial charge in [0.25, 0.3) is 11.5 Å². The quantitative estimate of drug-likeness (QED) is 0.0641. The molecule has 9 heteroatoms. The molecule has 1 aromatic carbocycles. The highest BCUT2D eigenvalue weighted by atomic mass is 16.1. The van der Waals surface area contributed by atoms with Crippen molar-refractivity contribution >= 4 is 22.6 Å². The summed E-state index contributed by atoms with van der Waals surface area (Å²) in [6, 6.07) is 10.6. The van der Waals surface area contributed by atoms with Crippen LogP contribution in [-0.4, -0.2) is 82.6 Å². The molecule has 342 valence electrons. The summed E-state index contributed by atoms with van der Waals surface area (Å²) in [7, 11) is 0. The number of unbranched alkanes of at least 4 members (excludes halogenated alkanes) is 1. The third-order valence-corrected chi connectivity index (χ3v) is 14.7. The first kappa shape index (κ1) is 48.0. The molecule has 2 fully saturated rings. The fourth-order valence-electron chi connectivity index (χ4n) is 10.7. The molecule has 2 unspecified atom stereocenters. The number of fused-ring (bicyclic) bond motifs is 1. The molecule has 2 atom stereocenters. The molecule has 4 heterocycles. The van der Waals surface area contributed by atoms with Crippen LogP contribution in [0.2, 0.25) is 0 Å². The van der Waals surface area contributed by atoms with Gasteiger partial charge in [0, 0.05) is 97.5 Å². The van der Waals surface area contributed by atoms with Gasteiger partial charge in [-0.2, -0.15) is 0 Å². The van der Waals surface area contributed by atoms with Crippen molar-refractivity contribution in [1.82, 2.24) is 29.7 Å². The number of aryl methyl sites for hydroxylation is 3. The molecule has 1 aliphatic carbocycles. The highest BCUT2D eigenvalue weighted by Gasteiger charge is 2.27. The predicted octanol–water partition coefficient (Wildman–Crippen LogP) is 11.2. The number of amides is 1. The Kier molecular flexibility index (Phi) is 16.7. The second-order valence-corrected chi connectivity index (χ2v) is 19.7. The Hall–Kier alpha value is -4.47. The number of allylic oxidation sites excluding steroid dienone is 2. The number of carbonyl (C=O) groups excluding carboxylic acids is 1. The number of hydrogen-bond donors (Lipinski definition) is 2. The largest absolute Gasteiger partial charge is 0.354 e. The van der Waals surface area contributed by atoms with Gasteiger partial charge in [0.2, 0.25) is 0 Å². The van der Waals surface area contributed by atoms with E-state index < -0.39 is 0 Å². The number of aromatic nitrogens is 3. The number of carbonyl (C=O) groups is 1. The molecule has 4 aromatic rings. The number of nitrogens with zero attached hydrogens (tertiary/aromatic N) is 5. The molecule has 1 aliphatic heterocycles. The smallest absolute Gasteiger partial charge is 0.253 e. The lowest BCUT2D eigenvalue weighted by atomic mass is 9.76. The minimum absolute atomic E-state index is 0.156. The maximum Gasteiger partial charge on any atom is 0.253 e. The summed E-state index contributed by atoms with van der Waals surface area (Å²) in [5.41, 5.74) is 8.48. The standard InChI is InChI=1S/C54H79N7O2/c1-11-19-54(12-2,13-3)20-22-58(21-15-14-16-44-30-39(6)29-40(7)31-44)23-24-59-25-27-60(28-26-59)50-18-17-45(35-55-50)46-33-47(51-42(9)37-61(38(4)5)49(51)34-46)52(62)56-36-48-41(8)32-43(10)57-53(48)63/h11,17-18,32-35,37-38,40,44H,1,6,12-16,19-31,36H2,2-5,7-10H3,(H,56,62)(H,57,63). The molecule has 0 radical (unpaired) electrons. The average molecular weight is 858 g/mol. The van der Waals surface area contributed by atoms with Crippen molar-refractivity contribution in [2.75, 3.05) is 57.3 Å². The molecule has 3 aromatic heterocycles. The van der Waals surface area contributed by atoms with E-state index in [4.69, 9.17) is 4.98 Å². The van der Waals surface area contributed by atoms with Crippen molar-refractivity contribution in [2.45, 2.75) is 132 Å². The van der Waals surface area contributed by atoms with Crippen molar-refractivity contribution in [3.05, 3.63) is 106 Å². The summed E-state index contributed by atoms with van der Waals surface area (Å²) in [4.78, 5) is 42.5. The predicted molar refractivity (Wildman–Crippen MR) is 265 cm³/mol. The van der Waals surface area contributed by atoms with Crippen LogP contribution in [0.5, 0.6) is 0 Å². The summed E-state index contributed by atoms with van der Waals surface area (Å²) in [5, 5.41) is 4.00. The average Bonchev–Trinajstić information content (AvgIpc) is 3.60. The number of rotatable bonds is 21. The number of aromatic amines is 1. The van der Waals surface area contributed by atoms with Gasteiger partial charge in [-0.05, 0) is 151 Å². The van der Waals surface area contributed by atoms with Gasteiger partial charge in [-0.15, -0.1) is 6.58 Å². The first-order valence-electron chi connectivity index (χ1n) is 24.3. The molecule has 1 saturated heterocycles. The fraction of sp³-hybridized carbons (Fsp3) is 0.574. The minimum atomic E-state index is -0.199. The van der Waals surface area contributed by atoms with Crippen molar-refractivity contribution in [3.63, 3.8) is 0 Å². The van der Waals surface area contributed by atoms with E-state index >= 15 is 0 Å². The van der Waals surface area contributed by atoms with E-state index in [9.17, 15) is 9.59 Å². The Morgan fingerprint density at radius 2 is 1.76 bits per heavy atom. The number of benzene rings is 1. The zero-order valence-electron chi connectivity index (χ0n) is 40.3. The zero-order valence-corrected chi connectivity index (χ0v) is 40.3. The van der Waals surface area contributed by atoms with Gasteiger partial charge in [-0.1, -0.05) is 64.7 Å². The highest BCUT2D eigenvalue weighted by Crippen LogP contribution is 2.37. The van der Waals surface area contributed by atoms with Gasteiger partial charge in [-0.25, -0.2) is 4.98 Å². The summed E-state index contributed by atoms with van der Waals surface area (Å²) >= 11 is 0. The second kappa shape index (κ2) is 21.9. The lowest BCUT2D eigenvalue weighted by Gasteiger charge is -2.37. The number of anilines is 1. The van der Waals surface area contributed by atoms with Crippen LogP contribution in [0.4, 0.5) is 5.82 Å². The van der Waals surface area contributed by atoms with E-state index in [-0.39, 0.29) is 24.1 Å². The summed E-state index contributed by atoms with van der Waals surface area (Å²) < 4.78 is 2.24. The van der Waals surface area contributed by atoms with Crippen LogP contribution in [0.15, 0.2) is 72.3 Å². The Morgan fingerprint density at radius 1 is 1.00 bits per heavy atom. The number of piperazine rings is 1. The van der Waals surface area contributed by atoms with E-state index in [1.165, 1.54) is 76.5 Å². The van der Waals surface area contributed by atoms with Crippen LogP contribution in [0.1, 0.15) is 138 Å². The Morgan fingerprint density at radius 3 is 2.41 bits per heavy atom. The Labute approximate surface area is 379 Å². The number of hydrogen-bond acceptors (Lipinski definition) is 6. The molecular formula is C54H79N7O2. The molecule has 0 spiro atoms. The lowest BCUT2D eigenvalue weighted by Crippen LogP contribution is -2.49. The number of pyridine rings is 2. The third kappa shape index (κ3) is 12.2. The van der Waals surface area contributed by atoms with E-state index in [1.807, 2.05) is 32.2 Å². The van der Waals surface area contributed by atoms with Crippen LogP contribution >= 0.6 is 0 Å². The molecule has 1 saturated carbocycles. The topological polar surface area (TPSA) is 89.5 Å². The van der Waals surface area contributed by atoms with Crippen LogP contribution in [-0.2, 0) is 6.54 Å². The van der Waals surface area contributed by atoms with Gasteiger partial charge in [0.1, 0.15) is 5.82 Å². The maximum atomic E-state index is 14.0. The van der Waals surface area contributed by atoms with Crippen molar-refractivity contribution < 1.29 is 4.79 Å². The van der Waals surface area contributed by atoms with Crippen molar-refractivity contribution in [3.8, 4) is 11.1 Å². The van der Waals surface area contributed by atoms with Gasteiger partial charge in [0.15, 0.2) is 0 Å². The van der Waals surface area contributed by atoms with Crippen LogP contribution in [0, 0.1) is 38.0 Å². The molecule has 0 bridgehead atoms. The van der Waals surface area contributed by atoms with E-state index in [0.717, 1.165) is 102 Å². The first-order valence-corrected chi connectivity index (χ1v) is 24.3. The molecule has 63 heavy (non-hydrogen) atoms. The molecule has 2 aliphatic rings. The zero-order chi connectivity index (χ0) is 45.3. The fourth-order valence-corrected chi connectivity index (χ4v) is 10.7. The molecule has 9 nitrogen and oxygen atoms in total. The van der Waals surface area contributed by atoms with E-state index in [1.54, 1.807) is 0 Å². The van der Waals surface area contributed by atoms with Crippen LogP contribution in [0.25, 0.3) is 22.0 Å². The molecule has 1 amide bonds. The highest BCUT2D eigenvalue weighted by molar-refractivity contribution is 6.09. The second-order valence-electron chi connectivity index (χ2n) is 19.7. The number of nitrogens with one attached hydrogen (secondary N) is 2. The Bertz CT molecular complexity index is 2220. The van der Waals surface area contributed by atoms with Crippen molar-refractivity contribution in [1.29, 1.82) is 0 Å². The summed E-state index contributed by atoms with van der Waals surface area (Å²) in [6.45, 7) is 34.4. The third-order valence-electron chi connectivity index (χ3n) is 14.7. The number of H-pyrrole nitrogens is 1. The van der Waals surface area contributed by atoms with Gasteiger partial charge in [0.05, 0.1) is 0 Å². The SMILES string of the molecule is C=CCC(CC)(CC)CCN(CCCCC1CC(=C)CC(C)C1)CCN1CCN(c2ccc(-c3cc(C(=O)NCc4c(C)cc(C)[nH]c4=O)c4c(C)cn(C(C)C)c4c3)cn2)CC1. The van der Waals surface area contributed by atoms with Gasteiger partial charge in [-0.3, -0.25) is 14.5 Å².